The van der Waals surface area contributed by atoms with Gasteiger partial charge in [0.2, 0.25) is 11.7 Å². The molecule has 180 valence electrons. The van der Waals surface area contributed by atoms with E-state index in [4.69, 9.17) is 0 Å². The van der Waals surface area contributed by atoms with E-state index >= 15 is 0 Å². The molecule has 0 unspecified atom stereocenters. The van der Waals surface area contributed by atoms with E-state index < -0.39 is 90.8 Å². The Bertz CT molecular complexity index is 829. The number of hydrogen-bond acceptors (Lipinski definition) is 6. The number of nitro groups is 1. The molecule has 1 aliphatic rings. The molecule has 32 heavy (non-hydrogen) atoms. The minimum atomic E-state index is -4.48. The summed E-state index contributed by atoms with van der Waals surface area (Å²) in [5, 5.41) is 20.7. The molecule has 1 aromatic rings. The normalized spacial score (nSPS) is 19.3. The fourth-order valence-corrected chi connectivity index (χ4v) is 3.50. The Morgan fingerprint density at radius 1 is 1.22 bits per heavy atom. The van der Waals surface area contributed by atoms with Gasteiger partial charge in [0, 0.05) is 12.1 Å². The van der Waals surface area contributed by atoms with Crippen molar-refractivity contribution in [3.8, 4) is 5.88 Å². The first-order chi connectivity index (χ1) is 14.8. The van der Waals surface area contributed by atoms with Crippen molar-refractivity contribution >= 4 is 17.5 Å². The average molecular weight is 477 g/mol. The number of nitrogens with zero attached hydrogens (tertiary/aromatic N) is 3. The highest BCUT2D eigenvalue weighted by molar-refractivity contribution is 5.92. The van der Waals surface area contributed by atoms with Crippen LogP contribution in [-0.2, 0) is 0 Å². The van der Waals surface area contributed by atoms with Crippen molar-refractivity contribution < 1.29 is 50.3 Å². The molecule has 15 heteroatoms. The highest BCUT2D eigenvalue weighted by atomic mass is 19.4. The van der Waals surface area contributed by atoms with E-state index in [-0.39, 0.29) is 12.8 Å². The van der Waals surface area contributed by atoms with Crippen molar-refractivity contribution in [2.75, 3.05) is 18.1 Å². The minimum Gasteiger partial charge on any atom is -0.477 e. The summed E-state index contributed by atoms with van der Waals surface area (Å²) < 4.78 is 94.9. The van der Waals surface area contributed by atoms with Gasteiger partial charge in [-0.1, -0.05) is 0 Å². The fraction of sp³-hybridized carbons (Fsp3) is 0.647. The molecule has 0 amide bonds. The Kier molecular flexibility index (Phi) is 8.07. The number of carboxylic acid groups (broad SMARTS) is 1. The van der Waals surface area contributed by atoms with Gasteiger partial charge in [0.05, 0.1) is 17.4 Å². The van der Waals surface area contributed by atoms with Gasteiger partial charge in [0.1, 0.15) is 5.56 Å². The van der Waals surface area contributed by atoms with E-state index in [1.807, 2.05) is 0 Å². The second-order valence-corrected chi connectivity index (χ2v) is 7.04. The average Bonchev–Trinajstić information content (AvgIpc) is 2.68. The monoisotopic (exact) mass is 477 g/mol. The van der Waals surface area contributed by atoms with Crippen LogP contribution in [0.2, 0.25) is 0 Å². The van der Waals surface area contributed by atoms with Gasteiger partial charge in [-0.3, -0.25) is 10.1 Å². The number of aromatic carboxylic acids is 1. The number of aromatic nitrogens is 1. The highest BCUT2D eigenvalue weighted by Crippen LogP contribution is 2.41. The smallest absolute Gasteiger partial charge is 0.391 e. The Hall–Kier alpha value is -2.87. The van der Waals surface area contributed by atoms with Gasteiger partial charge in [0.25, 0.3) is 12.9 Å². The zero-order valence-corrected chi connectivity index (χ0v) is 16.2. The van der Waals surface area contributed by atoms with E-state index in [9.17, 15) is 50.7 Å². The molecule has 0 aromatic carbocycles. The van der Waals surface area contributed by atoms with Crippen LogP contribution in [0.25, 0.3) is 0 Å². The molecule has 1 fully saturated rings. The summed E-state index contributed by atoms with van der Waals surface area (Å²) in [5.41, 5.74) is -1.97. The van der Waals surface area contributed by atoms with Gasteiger partial charge < -0.3 is 14.7 Å². The maximum absolute atomic E-state index is 13.2. The Labute approximate surface area is 176 Å². The van der Waals surface area contributed by atoms with Crippen molar-refractivity contribution in [1.29, 1.82) is 0 Å². The molecule has 2 rings (SSSR count). The van der Waals surface area contributed by atoms with Crippen LogP contribution in [0.4, 0.5) is 42.2 Å². The van der Waals surface area contributed by atoms with Crippen molar-refractivity contribution in [1.82, 2.24) is 4.98 Å². The molecule has 1 aliphatic carbocycles. The van der Waals surface area contributed by atoms with Crippen molar-refractivity contribution in [3.05, 3.63) is 21.7 Å². The molecule has 1 N–H and O–H groups in total. The quantitative estimate of drug-likeness (QED) is 0.317. The summed E-state index contributed by atoms with van der Waals surface area (Å²) in [6.45, 7) is -2.48. The number of carbonyl (C=O) groups is 1. The lowest BCUT2D eigenvalue weighted by molar-refractivity contribution is -0.384. The van der Waals surface area contributed by atoms with Crippen LogP contribution in [-0.4, -0.2) is 59.2 Å². The number of ether oxygens (including phenoxy) is 1. The van der Waals surface area contributed by atoms with E-state index in [0.29, 0.717) is 6.07 Å². The van der Waals surface area contributed by atoms with Gasteiger partial charge >= 0.3 is 17.8 Å². The first kappa shape index (κ1) is 25.4. The van der Waals surface area contributed by atoms with Crippen LogP contribution in [0, 0.1) is 16.0 Å². The third-order valence-electron chi connectivity index (χ3n) is 4.93. The van der Waals surface area contributed by atoms with Gasteiger partial charge in [0.15, 0.2) is 6.61 Å². The molecule has 0 bridgehead atoms. The summed E-state index contributed by atoms with van der Waals surface area (Å²) >= 11 is 0. The van der Waals surface area contributed by atoms with Crippen LogP contribution in [0.1, 0.15) is 36.0 Å². The zero-order valence-electron chi connectivity index (χ0n) is 16.2. The van der Waals surface area contributed by atoms with Crippen molar-refractivity contribution in [2.45, 2.75) is 50.8 Å². The zero-order chi connectivity index (χ0) is 24.2. The second kappa shape index (κ2) is 10.2. The third kappa shape index (κ3) is 6.32. The molecule has 8 nitrogen and oxygen atoms in total. The number of alkyl halides is 7. The van der Waals surface area contributed by atoms with Crippen molar-refractivity contribution in [3.63, 3.8) is 0 Å². The molecule has 0 aliphatic heterocycles. The van der Waals surface area contributed by atoms with Crippen LogP contribution in [0.5, 0.6) is 5.88 Å². The summed E-state index contributed by atoms with van der Waals surface area (Å²) in [7, 11) is 0. The van der Waals surface area contributed by atoms with Gasteiger partial charge in [-0.05, 0) is 25.7 Å². The van der Waals surface area contributed by atoms with Gasteiger partial charge in [-0.2, -0.15) is 18.2 Å². The predicted molar refractivity (Wildman–Crippen MR) is 94.5 cm³/mol. The predicted octanol–water partition coefficient (Wildman–Crippen LogP) is 4.52. The van der Waals surface area contributed by atoms with E-state index in [1.165, 1.54) is 0 Å². The van der Waals surface area contributed by atoms with Crippen LogP contribution >= 0.6 is 0 Å². The molecular weight excluding hydrogens is 459 g/mol. The lowest BCUT2D eigenvalue weighted by Crippen LogP contribution is -2.43. The van der Waals surface area contributed by atoms with E-state index in [2.05, 4.69) is 9.72 Å². The minimum absolute atomic E-state index is 0.246. The highest BCUT2D eigenvalue weighted by Gasteiger charge is 2.43. The summed E-state index contributed by atoms with van der Waals surface area (Å²) in [4.78, 5) is 26.0. The first-order valence-electron chi connectivity index (χ1n) is 9.26. The molecular formula is C17H18F7N3O5. The second-order valence-electron chi connectivity index (χ2n) is 7.04. The van der Waals surface area contributed by atoms with Crippen molar-refractivity contribution in [2.24, 2.45) is 5.92 Å². The van der Waals surface area contributed by atoms with Crippen LogP contribution < -0.4 is 9.64 Å². The lowest BCUT2D eigenvalue weighted by atomic mass is 9.85. The van der Waals surface area contributed by atoms with Gasteiger partial charge in [-0.15, -0.1) is 0 Å². The molecule has 1 aromatic heterocycles. The number of halogens is 7. The Morgan fingerprint density at radius 3 is 2.25 bits per heavy atom. The number of carboxylic acids is 1. The molecule has 1 heterocycles. The Morgan fingerprint density at radius 2 is 1.81 bits per heavy atom. The number of hydrogen-bond donors (Lipinski definition) is 1. The third-order valence-corrected chi connectivity index (χ3v) is 4.93. The standard InChI is InChI=1S/C17H18F7N3O5/c18-12(19)6-26(9-3-1-8(2-4-9)17(22,23)24)14-11(27(30)31)5-10(16(28)29)15(25-14)32-7-13(20)21/h5,8-9,12-13H,1-4,6-7H2,(H,28,29). The number of pyridine rings is 1. The number of anilines is 1. The summed E-state index contributed by atoms with van der Waals surface area (Å²) in [6, 6.07) is -0.571. The maximum atomic E-state index is 13.2. The molecule has 0 radical (unpaired) electrons. The lowest BCUT2D eigenvalue weighted by Gasteiger charge is -2.37. The SMILES string of the molecule is O=C(O)c1cc([N+](=O)[O-])c(N(CC(F)F)C2CCC(C(F)(F)F)CC2)nc1OCC(F)F. The first-order valence-corrected chi connectivity index (χ1v) is 9.26. The van der Waals surface area contributed by atoms with Gasteiger partial charge in [-0.25, -0.2) is 22.4 Å². The largest absolute Gasteiger partial charge is 0.477 e. The summed E-state index contributed by atoms with van der Waals surface area (Å²) in [5.74, 6) is -5.21. The topological polar surface area (TPSA) is 106 Å². The summed E-state index contributed by atoms with van der Waals surface area (Å²) in [6.07, 6.45) is -11.9. The molecule has 0 saturated heterocycles. The molecule has 0 atom stereocenters. The Balaban J connectivity index is 2.50. The van der Waals surface area contributed by atoms with E-state index in [0.717, 1.165) is 4.90 Å². The molecule has 0 spiro atoms. The number of rotatable bonds is 9. The maximum Gasteiger partial charge on any atom is 0.391 e. The van der Waals surface area contributed by atoms with Crippen LogP contribution in [0.15, 0.2) is 6.07 Å². The molecule has 1 saturated carbocycles. The van der Waals surface area contributed by atoms with Crippen LogP contribution in [0.3, 0.4) is 0 Å². The fourth-order valence-electron chi connectivity index (χ4n) is 3.50. The van der Waals surface area contributed by atoms with E-state index in [1.54, 1.807) is 0 Å².